The van der Waals surface area contributed by atoms with Gasteiger partial charge in [0.1, 0.15) is 28.7 Å². The van der Waals surface area contributed by atoms with Gasteiger partial charge in [-0.15, -0.1) is 0 Å². The molecule has 0 fully saturated rings. The summed E-state index contributed by atoms with van der Waals surface area (Å²) in [5.74, 6) is 4.64. The van der Waals surface area contributed by atoms with Gasteiger partial charge in [0.25, 0.3) is 0 Å². The molecule has 0 radical (unpaired) electrons. The summed E-state index contributed by atoms with van der Waals surface area (Å²) in [5.41, 5.74) is 11.4. The summed E-state index contributed by atoms with van der Waals surface area (Å²) in [6.07, 6.45) is 1.30. The molecule has 0 aromatic heterocycles. The largest absolute Gasteiger partial charge is 0.497 e. The maximum Gasteiger partial charge on any atom is 0.166 e. The van der Waals surface area contributed by atoms with E-state index in [9.17, 15) is 20.4 Å². The summed E-state index contributed by atoms with van der Waals surface area (Å²) in [6, 6.07) is 33.3. The molecule has 0 aliphatic carbocycles. The van der Waals surface area contributed by atoms with Crippen LogP contribution >= 0.6 is 0 Å². The van der Waals surface area contributed by atoms with Gasteiger partial charge in [0.15, 0.2) is 11.5 Å². The molecule has 0 heterocycles. The summed E-state index contributed by atoms with van der Waals surface area (Å²) >= 11 is 0. The summed E-state index contributed by atoms with van der Waals surface area (Å²) in [4.78, 5) is 0. The number of aliphatic hydroxyl groups is 4. The fourth-order valence-corrected chi connectivity index (χ4v) is 8.00. The lowest BCUT2D eigenvalue weighted by atomic mass is 9.83. The zero-order valence-electron chi connectivity index (χ0n) is 38.4. The van der Waals surface area contributed by atoms with Crippen molar-refractivity contribution in [3.63, 3.8) is 0 Å². The van der Waals surface area contributed by atoms with E-state index in [1.54, 1.807) is 49.8 Å². The molecule has 6 aromatic carbocycles. The first kappa shape index (κ1) is 48.8. The highest BCUT2D eigenvalue weighted by atomic mass is 16.5. The number of ether oxygens (including phenoxy) is 7. The number of methoxy groups -OCH3 is 7. The van der Waals surface area contributed by atoms with Gasteiger partial charge in [0.2, 0.25) is 0 Å². The molecule has 6 rings (SSSR count). The Labute approximate surface area is 377 Å². The average molecular weight is 875 g/mol. The fraction of sp³-hybridized carbons (Fsp3) is 0.321. The molecule has 2 unspecified atom stereocenters. The number of hydrogen-bond donors (Lipinski definition) is 4. The standard InChI is InChI=1S/C28H34O6.C25H28O5/c1-17(20-9-7-19(15-29)8-10-20)23-14-24(27(33-5)28(34-6)25(23)16-30)18(2)22-12-11-21(31-3)13-26(22)32-4;1-28-23-9-8-19(25(14-23)30-3)11-21-12-20(22(16-27)13-24(21)29-2)10-17-4-6-18(15-26)7-5-17/h7-14,17-18,29-30H,15-16H2,1-6H3;4-9,12-14,26-27H,10-11,15-16H2,1-3H3. The topological polar surface area (TPSA) is 146 Å². The molecular formula is C53H62O11. The van der Waals surface area contributed by atoms with Crippen LogP contribution in [0, 0.1) is 0 Å². The third-order valence-electron chi connectivity index (χ3n) is 11.7. The molecule has 0 saturated carbocycles. The number of rotatable bonds is 19. The molecule has 0 amide bonds. The zero-order valence-corrected chi connectivity index (χ0v) is 38.4. The van der Waals surface area contributed by atoms with E-state index in [2.05, 4.69) is 26.0 Å². The molecule has 340 valence electrons. The third kappa shape index (κ3) is 11.3. The van der Waals surface area contributed by atoms with Gasteiger partial charge in [-0.3, -0.25) is 0 Å². The molecule has 0 aliphatic rings. The second-order valence-corrected chi connectivity index (χ2v) is 15.3. The van der Waals surface area contributed by atoms with Crippen molar-refractivity contribution in [1.82, 2.24) is 0 Å². The SMILES string of the molecule is COc1ccc(C(C)c2cc(C(C)c3ccc(CO)cc3)c(CO)c(OC)c2OC)c(OC)c1.COc1ccc(Cc2cc(Cc3ccc(CO)cc3)c(CO)cc2OC)c(OC)c1. The van der Waals surface area contributed by atoms with Gasteiger partial charge < -0.3 is 53.6 Å². The maximum absolute atomic E-state index is 10.3. The smallest absolute Gasteiger partial charge is 0.166 e. The maximum atomic E-state index is 10.3. The molecule has 4 N–H and O–H groups in total. The van der Waals surface area contributed by atoms with Crippen molar-refractivity contribution < 1.29 is 53.6 Å². The lowest BCUT2D eigenvalue weighted by Crippen LogP contribution is -2.10. The third-order valence-corrected chi connectivity index (χ3v) is 11.7. The van der Waals surface area contributed by atoms with Crippen LogP contribution in [0.3, 0.4) is 0 Å². The first-order valence-electron chi connectivity index (χ1n) is 21.0. The van der Waals surface area contributed by atoms with E-state index < -0.39 is 0 Å². The van der Waals surface area contributed by atoms with Crippen LogP contribution in [0.25, 0.3) is 0 Å². The molecule has 6 aromatic rings. The molecule has 0 saturated heterocycles. The van der Waals surface area contributed by atoms with Gasteiger partial charge in [-0.05, 0) is 74.7 Å². The van der Waals surface area contributed by atoms with Crippen LogP contribution in [0.1, 0.15) is 92.4 Å². The van der Waals surface area contributed by atoms with E-state index in [4.69, 9.17) is 33.2 Å². The fourth-order valence-electron chi connectivity index (χ4n) is 8.00. The Morgan fingerprint density at radius 1 is 0.375 bits per heavy atom. The van der Waals surface area contributed by atoms with E-state index in [0.29, 0.717) is 41.4 Å². The number of aliphatic hydroxyl groups excluding tert-OH is 4. The van der Waals surface area contributed by atoms with Crippen LogP contribution in [0.2, 0.25) is 0 Å². The molecule has 2 atom stereocenters. The van der Waals surface area contributed by atoms with Crippen molar-refractivity contribution >= 4 is 0 Å². The normalized spacial score (nSPS) is 11.8. The van der Waals surface area contributed by atoms with E-state index in [0.717, 1.165) is 78.4 Å². The summed E-state index contributed by atoms with van der Waals surface area (Å²) < 4.78 is 39.0. The van der Waals surface area contributed by atoms with Gasteiger partial charge in [-0.1, -0.05) is 86.6 Å². The van der Waals surface area contributed by atoms with Crippen LogP contribution in [0.15, 0.2) is 103 Å². The van der Waals surface area contributed by atoms with Crippen LogP contribution in [-0.2, 0) is 39.3 Å². The second kappa shape index (κ2) is 23.4. The van der Waals surface area contributed by atoms with Gasteiger partial charge in [-0.2, -0.15) is 0 Å². The molecule has 0 spiro atoms. The Balaban J connectivity index is 0.000000243. The van der Waals surface area contributed by atoms with E-state index in [1.165, 1.54) is 0 Å². The molecule has 11 nitrogen and oxygen atoms in total. The summed E-state index contributed by atoms with van der Waals surface area (Å²) in [6.45, 7) is 3.96. The van der Waals surface area contributed by atoms with Crippen molar-refractivity contribution in [2.75, 3.05) is 49.8 Å². The average Bonchev–Trinajstić information content (AvgIpc) is 3.35. The van der Waals surface area contributed by atoms with Crippen LogP contribution < -0.4 is 33.2 Å². The quantitative estimate of drug-likeness (QED) is 0.0619. The Bertz CT molecular complexity index is 2430. The van der Waals surface area contributed by atoms with Gasteiger partial charge >= 0.3 is 0 Å². The summed E-state index contributed by atoms with van der Waals surface area (Å²) in [5, 5.41) is 38.8. The minimum Gasteiger partial charge on any atom is -0.497 e. The predicted molar refractivity (Wildman–Crippen MR) is 249 cm³/mol. The van der Waals surface area contributed by atoms with E-state index >= 15 is 0 Å². The van der Waals surface area contributed by atoms with Gasteiger partial charge in [-0.25, -0.2) is 0 Å². The predicted octanol–water partition coefficient (Wildman–Crippen LogP) is 8.89. The van der Waals surface area contributed by atoms with Crippen molar-refractivity contribution in [2.24, 2.45) is 0 Å². The Morgan fingerprint density at radius 2 is 0.922 bits per heavy atom. The minimum atomic E-state index is -0.186. The first-order valence-corrected chi connectivity index (χ1v) is 21.0. The molecule has 0 aliphatic heterocycles. The highest BCUT2D eigenvalue weighted by molar-refractivity contribution is 5.61. The molecular weight excluding hydrogens is 813 g/mol. The van der Waals surface area contributed by atoms with Crippen molar-refractivity contribution in [2.45, 2.75) is 65.0 Å². The van der Waals surface area contributed by atoms with E-state index in [-0.39, 0.29) is 38.3 Å². The van der Waals surface area contributed by atoms with E-state index in [1.807, 2.05) is 91.0 Å². The van der Waals surface area contributed by atoms with Crippen molar-refractivity contribution in [3.8, 4) is 40.2 Å². The first-order chi connectivity index (χ1) is 31.0. The Kier molecular flexibility index (Phi) is 17.9. The Morgan fingerprint density at radius 3 is 1.45 bits per heavy atom. The molecule has 11 heteroatoms. The minimum absolute atomic E-state index is 0.00172. The number of hydrogen-bond acceptors (Lipinski definition) is 11. The number of benzene rings is 6. The monoisotopic (exact) mass is 874 g/mol. The highest BCUT2D eigenvalue weighted by Gasteiger charge is 2.27. The Hall–Kier alpha value is -6.24. The van der Waals surface area contributed by atoms with Crippen molar-refractivity contribution in [1.29, 1.82) is 0 Å². The molecule has 64 heavy (non-hydrogen) atoms. The van der Waals surface area contributed by atoms with Crippen LogP contribution in [-0.4, -0.2) is 70.2 Å². The second-order valence-electron chi connectivity index (χ2n) is 15.3. The van der Waals surface area contributed by atoms with Crippen LogP contribution in [0.4, 0.5) is 0 Å². The zero-order chi connectivity index (χ0) is 46.3. The molecule has 0 bridgehead atoms. The lowest BCUT2D eigenvalue weighted by molar-refractivity contribution is 0.267. The van der Waals surface area contributed by atoms with Gasteiger partial charge in [0.05, 0.1) is 76.2 Å². The lowest BCUT2D eigenvalue weighted by Gasteiger charge is -2.26. The summed E-state index contributed by atoms with van der Waals surface area (Å²) in [7, 11) is 11.4. The highest BCUT2D eigenvalue weighted by Crippen LogP contribution is 2.47. The van der Waals surface area contributed by atoms with Crippen molar-refractivity contribution in [3.05, 3.63) is 170 Å². The van der Waals surface area contributed by atoms with Crippen LogP contribution in [0.5, 0.6) is 40.2 Å². The van der Waals surface area contributed by atoms with Gasteiger partial charge in [0, 0.05) is 47.1 Å².